The molecule has 130 valence electrons. The predicted molar refractivity (Wildman–Crippen MR) is 97.4 cm³/mol. The van der Waals surface area contributed by atoms with Crippen molar-refractivity contribution in [2.45, 2.75) is 12.8 Å². The highest BCUT2D eigenvalue weighted by atomic mass is 16.5. The normalized spacial score (nSPS) is 13.6. The maximum Gasteiger partial charge on any atom is 0.259 e. The summed E-state index contributed by atoms with van der Waals surface area (Å²) in [7, 11) is 1.48. The van der Waals surface area contributed by atoms with Crippen LogP contribution < -0.4 is 15.1 Å². The molecule has 0 fully saturated rings. The molecule has 0 saturated heterocycles. The number of nitrogens with one attached hydrogen (secondary N) is 1. The quantitative estimate of drug-likeness (QED) is 0.647. The largest absolute Gasteiger partial charge is 0.504 e. The van der Waals surface area contributed by atoms with Gasteiger partial charge in [0.05, 0.1) is 19.9 Å². The fraction of sp³-hybridized carbons (Fsp3) is 0.263. The lowest BCUT2D eigenvalue weighted by molar-refractivity contribution is -0.119. The summed E-state index contributed by atoms with van der Waals surface area (Å²) in [6.45, 7) is 1.14. The minimum absolute atomic E-state index is 0.0625. The van der Waals surface area contributed by atoms with E-state index in [0.717, 1.165) is 30.6 Å². The molecule has 2 N–H and O–H groups in total. The van der Waals surface area contributed by atoms with Gasteiger partial charge in [-0.3, -0.25) is 4.79 Å². The molecule has 0 unspecified atom stereocenters. The van der Waals surface area contributed by atoms with E-state index in [4.69, 9.17) is 4.74 Å². The molecule has 0 spiro atoms. The van der Waals surface area contributed by atoms with Crippen LogP contribution in [-0.2, 0) is 11.2 Å². The van der Waals surface area contributed by atoms with Gasteiger partial charge in [-0.1, -0.05) is 18.2 Å². The van der Waals surface area contributed by atoms with Gasteiger partial charge in [0.25, 0.3) is 5.91 Å². The molecule has 0 atom stereocenters. The number of carbonyl (C=O) groups excluding carboxylic acids is 1. The van der Waals surface area contributed by atoms with E-state index < -0.39 is 0 Å². The van der Waals surface area contributed by atoms with Gasteiger partial charge >= 0.3 is 0 Å². The van der Waals surface area contributed by atoms with Gasteiger partial charge in [-0.15, -0.1) is 0 Å². The molecule has 0 aromatic heterocycles. The summed E-state index contributed by atoms with van der Waals surface area (Å²) in [6, 6.07) is 13.0. The smallest absolute Gasteiger partial charge is 0.259 e. The van der Waals surface area contributed by atoms with E-state index in [9.17, 15) is 9.90 Å². The number of aryl methyl sites for hydroxylation is 1. The van der Waals surface area contributed by atoms with Crippen molar-refractivity contribution in [2.24, 2.45) is 5.10 Å². The summed E-state index contributed by atoms with van der Waals surface area (Å²) in [6.07, 6.45) is 3.61. The highest BCUT2D eigenvalue weighted by molar-refractivity contribution is 5.85. The lowest BCUT2D eigenvalue weighted by Crippen LogP contribution is -2.38. The Bertz CT molecular complexity index is 789. The van der Waals surface area contributed by atoms with Crippen molar-refractivity contribution in [3.05, 3.63) is 53.6 Å². The Hall–Kier alpha value is -3.02. The number of para-hydroxylation sites is 1. The first-order valence-corrected chi connectivity index (χ1v) is 8.19. The second-order valence-corrected chi connectivity index (χ2v) is 5.88. The molecule has 3 rings (SSSR count). The average Bonchev–Trinajstić information content (AvgIpc) is 2.63. The van der Waals surface area contributed by atoms with E-state index in [-0.39, 0.29) is 18.2 Å². The first-order chi connectivity index (χ1) is 12.2. The van der Waals surface area contributed by atoms with E-state index in [1.807, 2.05) is 18.2 Å². The van der Waals surface area contributed by atoms with Crippen molar-refractivity contribution < 1.29 is 14.6 Å². The molecule has 2 aromatic carbocycles. The highest BCUT2D eigenvalue weighted by Crippen LogP contribution is 2.26. The second kappa shape index (κ2) is 7.70. The fourth-order valence-electron chi connectivity index (χ4n) is 2.94. The molecule has 1 heterocycles. The number of methoxy groups -OCH3 is 1. The van der Waals surface area contributed by atoms with E-state index in [1.54, 1.807) is 12.1 Å². The molecular weight excluding hydrogens is 318 g/mol. The number of aromatic hydroxyl groups is 1. The zero-order chi connectivity index (χ0) is 17.6. The van der Waals surface area contributed by atoms with Gasteiger partial charge in [0.2, 0.25) is 0 Å². The third kappa shape index (κ3) is 4.09. The Morgan fingerprint density at radius 3 is 3.04 bits per heavy atom. The van der Waals surface area contributed by atoms with Crippen LogP contribution in [0.25, 0.3) is 0 Å². The number of fused-ring (bicyclic) bond motifs is 1. The van der Waals surface area contributed by atoms with Crippen molar-refractivity contribution in [1.29, 1.82) is 0 Å². The fourth-order valence-corrected chi connectivity index (χ4v) is 2.94. The van der Waals surface area contributed by atoms with Gasteiger partial charge in [-0.25, -0.2) is 5.43 Å². The number of phenols is 1. The summed E-state index contributed by atoms with van der Waals surface area (Å²) in [5.74, 6) is 0.256. The summed E-state index contributed by atoms with van der Waals surface area (Å²) < 4.78 is 5.04. The minimum Gasteiger partial charge on any atom is -0.504 e. The second-order valence-electron chi connectivity index (χ2n) is 5.88. The van der Waals surface area contributed by atoms with Crippen molar-refractivity contribution in [3.63, 3.8) is 0 Å². The first-order valence-electron chi connectivity index (χ1n) is 8.19. The predicted octanol–water partition coefficient (Wildman–Crippen LogP) is 2.30. The SMILES string of the molecule is COc1cc(C=NNC(=O)CN2CCCc3ccccc32)ccc1O. The minimum atomic E-state index is -0.168. The zero-order valence-electron chi connectivity index (χ0n) is 14.1. The topological polar surface area (TPSA) is 74.2 Å². The molecule has 0 radical (unpaired) electrons. The van der Waals surface area contributed by atoms with Gasteiger partial charge in [0.1, 0.15) is 0 Å². The van der Waals surface area contributed by atoms with Crippen LogP contribution in [0.5, 0.6) is 11.5 Å². The number of nitrogens with zero attached hydrogens (tertiary/aromatic N) is 2. The van der Waals surface area contributed by atoms with Gasteiger partial charge in [0, 0.05) is 12.2 Å². The van der Waals surface area contributed by atoms with Crippen molar-refractivity contribution in [1.82, 2.24) is 5.43 Å². The maximum atomic E-state index is 12.2. The number of anilines is 1. The number of phenolic OH excluding ortho intramolecular Hbond substituents is 1. The summed E-state index contributed by atoms with van der Waals surface area (Å²) in [5, 5.41) is 13.5. The molecule has 2 aromatic rings. The van der Waals surface area contributed by atoms with Crippen molar-refractivity contribution >= 4 is 17.8 Å². The van der Waals surface area contributed by atoms with Gasteiger partial charge in [-0.2, -0.15) is 5.10 Å². The number of amides is 1. The number of hydrogen-bond donors (Lipinski definition) is 2. The van der Waals surface area contributed by atoms with E-state index in [1.165, 1.54) is 25.0 Å². The van der Waals surface area contributed by atoms with Crippen LogP contribution in [0, 0.1) is 0 Å². The van der Waals surface area contributed by atoms with Crippen LogP contribution in [0.4, 0.5) is 5.69 Å². The van der Waals surface area contributed by atoms with E-state index in [2.05, 4.69) is 21.5 Å². The molecule has 25 heavy (non-hydrogen) atoms. The Morgan fingerprint density at radius 2 is 2.20 bits per heavy atom. The lowest BCUT2D eigenvalue weighted by Gasteiger charge is -2.30. The molecule has 0 aliphatic carbocycles. The van der Waals surface area contributed by atoms with Gasteiger partial charge < -0.3 is 14.7 Å². The summed E-state index contributed by atoms with van der Waals surface area (Å²) in [4.78, 5) is 14.2. The highest BCUT2D eigenvalue weighted by Gasteiger charge is 2.18. The van der Waals surface area contributed by atoms with Crippen molar-refractivity contribution in [2.75, 3.05) is 25.1 Å². The Kier molecular flexibility index (Phi) is 5.18. The third-order valence-electron chi connectivity index (χ3n) is 4.15. The van der Waals surface area contributed by atoms with Crippen LogP contribution in [0.3, 0.4) is 0 Å². The third-order valence-corrected chi connectivity index (χ3v) is 4.15. The average molecular weight is 339 g/mol. The van der Waals surface area contributed by atoms with Gasteiger partial charge in [-0.05, 0) is 48.2 Å². The zero-order valence-corrected chi connectivity index (χ0v) is 14.1. The van der Waals surface area contributed by atoms with Crippen LogP contribution in [0.1, 0.15) is 17.5 Å². The number of hydrogen-bond acceptors (Lipinski definition) is 5. The number of hydrazone groups is 1. The van der Waals surface area contributed by atoms with Crippen LogP contribution in [-0.4, -0.2) is 37.4 Å². The van der Waals surface area contributed by atoms with Crippen LogP contribution >= 0.6 is 0 Å². The van der Waals surface area contributed by atoms with Crippen molar-refractivity contribution in [3.8, 4) is 11.5 Å². The number of ether oxygens (including phenoxy) is 1. The van der Waals surface area contributed by atoms with Crippen LogP contribution in [0.2, 0.25) is 0 Å². The molecular formula is C19H21N3O3. The first kappa shape index (κ1) is 16.8. The summed E-state index contributed by atoms with van der Waals surface area (Å²) in [5.41, 5.74) is 5.67. The molecule has 1 amide bonds. The van der Waals surface area contributed by atoms with Crippen LogP contribution in [0.15, 0.2) is 47.6 Å². The van der Waals surface area contributed by atoms with Gasteiger partial charge in [0.15, 0.2) is 11.5 Å². The summed E-state index contributed by atoms with van der Waals surface area (Å²) >= 11 is 0. The molecule has 1 aliphatic heterocycles. The Labute approximate surface area is 146 Å². The standard InChI is InChI=1S/C19H21N3O3/c1-25-18-11-14(8-9-17(18)23)12-20-21-19(24)13-22-10-4-6-15-5-2-3-7-16(15)22/h2-3,5,7-9,11-12,23H,4,6,10,13H2,1H3,(H,21,24). The lowest BCUT2D eigenvalue weighted by atomic mass is 10.0. The molecule has 6 heteroatoms. The van der Waals surface area contributed by atoms with E-state index >= 15 is 0 Å². The monoisotopic (exact) mass is 339 g/mol. The maximum absolute atomic E-state index is 12.2. The number of carbonyl (C=O) groups is 1. The molecule has 0 bridgehead atoms. The Morgan fingerprint density at radius 1 is 1.36 bits per heavy atom. The molecule has 6 nitrogen and oxygen atoms in total. The molecule has 1 aliphatic rings. The number of benzene rings is 2. The Balaban J connectivity index is 1.59. The number of rotatable bonds is 5. The molecule has 0 saturated carbocycles. The van der Waals surface area contributed by atoms with E-state index in [0.29, 0.717) is 5.75 Å².